The van der Waals surface area contributed by atoms with E-state index in [1.807, 2.05) is 43.7 Å². The van der Waals surface area contributed by atoms with Gasteiger partial charge in [-0.15, -0.1) is 0 Å². The Morgan fingerprint density at radius 3 is 2.65 bits per heavy atom. The minimum Gasteiger partial charge on any atom is -0.493 e. The molecule has 0 saturated carbocycles. The number of hydrogen-bond donors (Lipinski definition) is 1. The van der Waals surface area contributed by atoms with Crippen molar-refractivity contribution in [3.8, 4) is 5.75 Å². The van der Waals surface area contributed by atoms with Crippen LogP contribution in [0.2, 0.25) is 0 Å². The summed E-state index contributed by atoms with van der Waals surface area (Å²) in [6.45, 7) is 10.9. The molecule has 1 aliphatic heterocycles. The Bertz CT molecular complexity index is 795. The molecule has 140 valence electrons. The van der Waals surface area contributed by atoms with E-state index in [2.05, 4.69) is 30.3 Å². The third-order valence-corrected chi connectivity index (χ3v) is 5.00. The molecule has 5 nitrogen and oxygen atoms in total. The summed E-state index contributed by atoms with van der Waals surface area (Å²) in [7, 11) is 0. The molecule has 1 aromatic carbocycles. The highest BCUT2D eigenvalue weighted by atomic mass is 16.5. The van der Waals surface area contributed by atoms with Gasteiger partial charge in [0.2, 0.25) is 5.91 Å². The summed E-state index contributed by atoms with van der Waals surface area (Å²) in [5, 5.41) is 7.71. The average Bonchev–Trinajstić information content (AvgIpc) is 2.92. The Kier molecular flexibility index (Phi) is 5.35. The quantitative estimate of drug-likeness (QED) is 0.885. The van der Waals surface area contributed by atoms with Crippen molar-refractivity contribution in [2.45, 2.75) is 59.5 Å². The summed E-state index contributed by atoms with van der Waals surface area (Å²) < 4.78 is 7.53. The van der Waals surface area contributed by atoms with Gasteiger partial charge >= 0.3 is 0 Å². The first-order valence-corrected chi connectivity index (χ1v) is 9.45. The molecule has 3 rings (SSSR count). The molecule has 5 heteroatoms. The Balaban J connectivity index is 1.78. The maximum Gasteiger partial charge on any atom is 0.245 e. The molecule has 1 aromatic heterocycles. The fourth-order valence-corrected chi connectivity index (χ4v) is 3.66. The topological polar surface area (TPSA) is 56.2 Å². The zero-order valence-electron chi connectivity index (χ0n) is 16.4. The maximum absolute atomic E-state index is 13.0. The van der Waals surface area contributed by atoms with E-state index in [0.717, 1.165) is 42.1 Å². The van der Waals surface area contributed by atoms with Crippen molar-refractivity contribution in [2.24, 2.45) is 5.92 Å². The minimum absolute atomic E-state index is 0.00710. The fourth-order valence-electron chi connectivity index (χ4n) is 3.66. The van der Waals surface area contributed by atoms with Gasteiger partial charge in [-0.25, -0.2) is 0 Å². The molecule has 2 atom stereocenters. The second kappa shape index (κ2) is 7.52. The standard InChI is InChI=1S/C21H29N3O2/c1-13(2)20(24-15(4)11-14(3)23-24)21(25)22-16(5)17-8-9-19-18(12-17)7-6-10-26-19/h8-9,11-13,16,20H,6-7,10H2,1-5H3,(H,22,25)/t16-,20+/m0/s1. The summed E-state index contributed by atoms with van der Waals surface area (Å²) in [5.41, 5.74) is 4.28. The summed E-state index contributed by atoms with van der Waals surface area (Å²) in [6.07, 6.45) is 2.08. The summed E-state index contributed by atoms with van der Waals surface area (Å²) in [5.74, 6) is 1.13. The summed E-state index contributed by atoms with van der Waals surface area (Å²) >= 11 is 0. The van der Waals surface area contributed by atoms with Crippen LogP contribution in [-0.2, 0) is 11.2 Å². The van der Waals surface area contributed by atoms with Crippen LogP contribution in [0.4, 0.5) is 0 Å². The SMILES string of the molecule is Cc1cc(C)n([C@@H](C(=O)N[C@@H](C)c2ccc3c(c2)CCCO3)C(C)C)n1. The summed E-state index contributed by atoms with van der Waals surface area (Å²) in [4.78, 5) is 13.0. The Morgan fingerprint density at radius 2 is 2.00 bits per heavy atom. The number of nitrogens with zero attached hydrogens (tertiary/aromatic N) is 2. The monoisotopic (exact) mass is 355 g/mol. The second-order valence-electron chi connectivity index (χ2n) is 7.61. The lowest BCUT2D eigenvalue weighted by Crippen LogP contribution is -2.37. The largest absolute Gasteiger partial charge is 0.493 e. The molecule has 0 fully saturated rings. The number of aryl methyl sites for hydroxylation is 3. The van der Waals surface area contributed by atoms with Crippen LogP contribution < -0.4 is 10.1 Å². The fraction of sp³-hybridized carbons (Fsp3) is 0.524. The van der Waals surface area contributed by atoms with Gasteiger partial charge < -0.3 is 10.1 Å². The summed E-state index contributed by atoms with van der Waals surface area (Å²) in [6, 6.07) is 7.86. The van der Waals surface area contributed by atoms with E-state index < -0.39 is 0 Å². The molecule has 0 radical (unpaired) electrons. The number of carbonyl (C=O) groups excluding carboxylic acids is 1. The molecule has 1 aliphatic rings. The third kappa shape index (κ3) is 3.76. The van der Waals surface area contributed by atoms with Gasteiger partial charge in [0.25, 0.3) is 0 Å². The van der Waals surface area contributed by atoms with Crippen molar-refractivity contribution < 1.29 is 9.53 Å². The zero-order chi connectivity index (χ0) is 18.8. The maximum atomic E-state index is 13.0. The number of aromatic nitrogens is 2. The Hall–Kier alpha value is -2.30. The van der Waals surface area contributed by atoms with E-state index in [1.165, 1.54) is 5.56 Å². The minimum atomic E-state index is -0.313. The van der Waals surface area contributed by atoms with Gasteiger partial charge in [0.15, 0.2) is 0 Å². The van der Waals surface area contributed by atoms with Crippen LogP contribution >= 0.6 is 0 Å². The lowest BCUT2D eigenvalue weighted by molar-refractivity contribution is -0.126. The predicted molar refractivity (Wildman–Crippen MR) is 102 cm³/mol. The normalized spacial score (nSPS) is 15.9. The number of benzene rings is 1. The number of ether oxygens (including phenoxy) is 1. The second-order valence-corrected chi connectivity index (χ2v) is 7.61. The van der Waals surface area contributed by atoms with E-state index in [-0.39, 0.29) is 23.9 Å². The van der Waals surface area contributed by atoms with Crippen LogP contribution in [0.1, 0.15) is 61.8 Å². The molecule has 0 unspecified atom stereocenters. The van der Waals surface area contributed by atoms with E-state index >= 15 is 0 Å². The smallest absolute Gasteiger partial charge is 0.245 e. The predicted octanol–water partition coefficient (Wildman–Crippen LogP) is 3.90. The van der Waals surface area contributed by atoms with Gasteiger partial charge in [-0.1, -0.05) is 26.0 Å². The van der Waals surface area contributed by atoms with Crippen LogP contribution in [0.5, 0.6) is 5.75 Å². The van der Waals surface area contributed by atoms with Crippen molar-refractivity contribution >= 4 is 5.91 Å². The molecule has 0 bridgehead atoms. The van der Waals surface area contributed by atoms with E-state index in [1.54, 1.807) is 0 Å². The highest BCUT2D eigenvalue weighted by molar-refractivity contribution is 5.81. The number of fused-ring (bicyclic) bond motifs is 1. The molecule has 1 N–H and O–H groups in total. The zero-order valence-corrected chi connectivity index (χ0v) is 16.4. The molecule has 2 aromatic rings. The molecule has 2 heterocycles. The van der Waals surface area contributed by atoms with Gasteiger partial charge in [-0.3, -0.25) is 9.48 Å². The van der Waals surface area contributed by atoms with Gasteiger partial charge in [0.05, 0.1) is 18.3 Å². The third-order valence-electron chi connectivity index (χ3n) is 5.00. The Labute approximate surface area is 155 Å². The van der Waals surface area contributed by atoms with Crippen molar-refractivity contribution in [1.82, 2.24) is 15.1 Å². The number of amides is 1. The molecule has 0 aliphatic carbocycles. The van der Waals surface area contributed by atoms with E-state index in [4.69, 9.17) is 4.74 Å². The van der Waals surface area contributed by atoms with Gasteiger partial charge in [0.1, 0.15) is 11.8 Å². The lowest BCUT2D eigenvalue weighted by Gasteiger charge is -2.25. The first-order chi connectivity index (χ1) is 12.4. The Morgan fingerprint density at radius 1 is 1.23 bits per heavy atom. The van der Waals surface area contributed by atoms with Crippen LogP contribution in [0.15, 0.2) is 24.3 Å². The van der Waals surface area contributed by atoms with Crippen molar-refractivity contribution in [3.63, 3.8) is 0 Å². The van der Waals surface area contributed by atoms with Crippen LogP contribution in [0, 0.1) is 19.8 Å². The number of rotatable bonds is 5. The molecular formula is C21H29N3O2. The number of hydrogen-bond acceptors (Lipinski definition) is 3. The number of carbonyl (C=O) groups is 1. The molecule has 26 heavy (non-hydrogen) atoms. The van der Waals surface area contributed by atoms with Crippen LogP contribution in [0.3, 0.4) is 0 Å². The first-order valence-electron chi connectivity index (χ1n) is 9.45. The van der Waals surface area contributed by atoms with Gasteiger partial charge in [-0.2, -0.15) is 5.10 Å². The molecule has 0 saturated heterocycles. The van der Waals surface area contributed by atoms with Crippen LogP contribution in [0.25, 0.3) is 0 Å². The highest BCUT2D eigenvalue weighted by Crippen LogP contribution is 2.28. The lowest BCUT2D eigenvalue weighted by atomic mass is 9.99. The van der Waals surface area contributed by atoms with Crippen molar-refractivity contribution in [1.29, 1.82) is 0 Å². The van der Waals surface area contributed by atoms with Crippen LogP contribution in [-0.4, -0.2) is 22.3 Å². The number of nitrogens with one attached hydrogen (secondary N) is 1. The molecule has 0 spiro atoms. The highest BCUT2D eigenvalue weighted by Gasteiger charge is 2.27. The van der Waals surface area contributed by atoms with E-state index in [0.29, 0.717) is 0 Å². The van der Waals surface area contributed by atoms with Crippen molar-refractivity contribution in [2.75, 3.05) is 6.61 Å². The van der Waals surface area contributed by atoms with Crippen molar-refractivity contribution in [3.05, 3.63) is 46.8 Å². The van der Waals surface area contributed by atoms with Gasteiger partial charge in [0, 0.05) is 5.69 Å². The first kappa shape index (κ1) is 18.5. The molecular weight excluding hydrogens is 326 g/mol. The average molecular weight is 355 g/mol. The molecule has 1 amide bonds. The van der Waals surface area contributed by atoms with E-state index in [9.17, 15) is 4.79 Å². The van der Waals surface area contributed by atoms with Gasteiger partial charge in [-0.05, 0) is 62.8 Å².